The predicted octanol–water partition coefficient (Wildman–Crippen LogP) is 1.46. The molecule has 1 unspecified atom stereocenters. The largest absolute Gasteiger partial charge is 0.383 e. The highest BCUT2D eigenvalue weighted by Crippen LogP contribution is 2.08. The Morgan fingerprint density at radius 2 is 2.00 bits per heavy atom. The Morgan fingerprint density at radius 3 is 2.46 bits per heavy atom. The van der Waals surface area contributed by atoms with Crippen LogP contribution in [-0.2, 0) is 14.6 Å². The number of ether oxygens (including phenoxy) is 1. The fourth-order valence-electron chi connectivity index (χ4n) is 0.994. The van der Waals surface area contributed by atoms with E-state index in [1.54, 1.807) is 7.11 Å². The van der Waals surface area contributed by atoms with E-state index in [4.69, 9.17) is 16.3 Å². The Bertz CT molecular complexity index is 213. The first-order valence-corrected chi connectivity index (χ1v) is 6.76. The van der Waals surface area contributed by atoms with Crippen LogP contribution in [0.25, 0.3) is 0 Å². The highest BCUT2D eigenvalue weighted by atomic mass is 35.5. The van der Waals surface area contributed by atoms with Crippen molar-refractivity contribution >= 4 is 21.4 Å². The molecule has 0 fully saturated rings. The minimum absolute atomic E-state index is 0.00422. The SMILES string of the molecule is COCC(Cl)CCCCS(C)(=O)=O. The summed E-state index contributed by atoms with van der Waals surface area (Å²) in [5.74, 6) is 0.254. The van der Waals surface area contributed by atoms with Crippen LogP contribution in [0.2, 0.25) is 0 Å². The molecule has 0 aromatic heterocycles. The average molecular weight is 229 g/mol. The van der Waals surface area contributed by atoms with Gasteiger partial charge in [-0.2, -0.15) is 0 Å². The number of rotatable bonds is 7. The molecular formula is C8H17ClO3S. The zero-order valence-corrected chi connectivity index (χ0v) is 9.70. The van der Waals surface area contributed by atoms with E-state index in [-0.39, 0.29) is 11.1 Å². The number of methoxy groups -OCH3 is 1. The molecule has 0 spiro atoms. The van der Waals surface area contributed by atoms with Crippen LogP contribution in [0, 0.1) is 0 Å². The minimum atomic E-state index is -2.81. The van der Waals surface area contributed by atoms with Gasteiger partial charge in [0.1, 0.15) is 9.84 Å². The molecule has 0 saturated carbocycles. The molecule has 13 heavy (non-hydrogen) atoms. The Balaban J connectivity index is 3.36. The van der Waals surface area contributed by atoms with Gasteiger partial charge in [-0.25, -0.2) is 8.42 Å². The Labute approximate surface area is 85.3 Å². The van der Waals surface area contributed by atoms with E-state index in [9.17, 15) is 8.42 Å². The van der Waals surface area contributed by atoms with Crippen molar-refractivity contribution in [2.45, 2.75) is 24.6 Å². The molecule has 0 aromatic rings. The lowest BCUT2D eigenvalue weighted by Gasteiger charge is -2.06. The molecule has 0 aromatic carbocycles. The average Bonchev–Trinajstić information content (AvgIpc) is 1.97. The van der Waals surface area contributed by atoms with Gasteiger partial charge in [0.25, 0.3) is 0 Å². The third kappa shape index (κ3) is 10.1. The van der Waals surface area contributed by atoms with E-state index < -0.39 is 9.84 Å². The molecule has 1 atom stereocenters. The molecule has 0 rings (SSSR count). The van der Waals surface area contributed by atoms with Crippen LogP contribution in [0.5, 0.6) is 0 Å². The van der Waals surface area contributed by atoms with Gasteiger partial charge in [0.2, 0.25) is 0 Å². The zero-order valence-electron chi connectivity index (χ0n) is 8.12. The van der Waals surface area contributed by atoms with Crippen LogP contribution < -0.4 is 0 Å². The number of alkyl halides is 1. The molecule has 0 saturated heterocycles. The quantitative estimate of drug-likeness (QED) is 0.490. The van der Waals surface area contributed by atoms with Gasteiger partial charge in [-0.1, -0.05) is 6.42 Å². The molecule has 0 aliphatic heterocycles. The Hall–Kier alpha value is 0.200. The van der Waals surface area contributed by atoms with Crippen molar-refractivity contribution in [1.29, 1.82) is 0 Å². The van der Waals surface area contributed by atoms with Crippen molar-refractivity contribution in [1.82, 2.24) is 0 Å². The maximum Gasteiger partial charge on any atom is 0.147 e. The van der Waals surface area contributed by atoms with Crippen LogP contribution in [0.1, 0.15) is 19.3 Å². The number of unbranched alkanes of at least 4 members (excludes halogenated alkanes) is 1. The molecule has 0 bridgehead atoms. The highest BCUT2D eigenvalue weighted by Gasteiger charge is 2.05. The van der Waals surface area contributed by atoms with E-state index in [0.717, 1.165) is 12.8 Å². The fourth-order valence-corrected chi connectivity index (χ4v) is 2.00. The van der Waals surface area contributed by atoms with Crippen LogP contribution in [-0.4, -0.2) is 39.5 Å². The molecule has 0 radical (unpaired) electrons. The molecule has 0 aliphatic rings. The summed E-state index contributed by atoms with van der Waals surface area (Å²) in [4.78, 5) is 0. The van der Waals surface area contributed by atoms with E-state index >= 15 is 0 Å². The van der Waals surface area contributed by atoms with Crippen molar-refractivity contribution in [2.75, 3.05) is 25.7 Å². The maximum atomic E-state index is 10.7. The molecule has 0 aliphatic carbocycles. The number of hydrogen-bond acceptors (Lipinski definition) is 3. The summed E-state index contributed by atoms with van der Waals surface area (Å²) in [6.45, 7) is 0.528. The summed E-state index contributed by atoms with van der Waals surface area (Å²) in [7, 11) is -1.21. The van der Waals surface area contributed by atoms with E-state index in [0.29, 0.717) is 13.0 Å². The second-order valence-electron chi connectivity index (χ2n) is 3.18. The lowest BCUT2D eigenvalue weighted by atomic mass is 10.2. The Morgan fingerprint density at radius 1 is 1.38 bits per heavy atom. The smallest absolute Gasteiger partial charge is 0.147 e. The van der Waals surface area contributed by atoms with E-state index in [1.165, 1.54) is 6.26 Å². The van der Waals surface area contributed by atoms with Crippen LogP contribution in [0.15, 0.2) is 0 Å². The third-order valence-corrected chi connectivity index (χ3v) is 3.00. The van der Waals surface area contributed by atoms with Gasteiger partial charge >= 0.3 is 0 Å². The summed E-state index contributed by atoms with van der Waals surface area (Å²) in [5, 5.41) is 0.00422. The summed E-state index contributed by atoms with van der Waals surface area (Å²) < 4.78 is 26.3. The molecule has 80 valence electrons. The molecule has 5 heteroatoms. The molecular weight excluding hydrogens is 212 g/mol. The zero-order chi connectivity index (χ0) is 10.3. The lowest BCUT2D eigenvalue weighted by molar-refractivity contribution is 0.195. The van der Waals surface area contributed by atoms with Gasteiger partial charge in [0.05, 0.1) is 12.0 Å². The molecule has 3 nitrogen and oxygen atoms in total. The minimum Gasteiger partial charge on any atom is -0.383 e. The van der Waals surface area contributed by atoms with Gasteiger partial charge in [0.15, 0.2) is 0 Å². The first-order chi connectivity index (χ1) is 5.95. The van der Waals surface area contributed by atoms with E-state index in [2.05, 4.69) is 0 Å². The van der Waals surface area contributed by atoms with Gasteiger partial charge < -0.3 is 4.74 Å². The Kier molecular flexibility index (Phi) is 6.73. The van der Waals surface area contributed by atoms with Crippen LogP contribution in [0.3, 0.4) is 0 Å². The van der Waals surface area contributed by atoms with Crippen molar-refractivity contribution in [3.63, 3.8) is 0 Å². The van der Waals surface area contributed by atoms with Crippen LogP contribution in [0.4, 0.5) is 0 Å². The van der Waals surface area contributed by atoms with Gasteiger partial charge in [0, 0.05) is 19.1 Å². The molecule has 0 heterocycles. The van der Waals surface area contributed by atoms with Gasteiger partial charge in [-0.15, -0.1) is 11.6 Å². The summed E-state index contributed by atoms with van der Waals surface area (Å²) >= 11 is 5.86. The van der Waals surface area contributed by atoms with Crippen LogP contribution >= 0.6 is 11.6 Å². The second kappa shape index (κ2) is 6.62. The topological polar surface area (TPSA) is 43.4 Å². The van der Waals surface area contributed by atoms with Gasteiger partial charge in [-0.3, -0.25) is 0 Å². The number of hydrogen-bond donors (Lipinski definition) is 0. The maximum absolute atomic E-state index is 10.7. The predicted molar refractivity (Wildman–Crippen MR) is 55.1 cm³/mol. The fraction of sp³-hybridized carbons (Fsp3) is 1.00. The van der Waals surface area contributed by atoms with E-state index in [1.807, 2.05) is 0 Å². The normalized spacial score (nSPS) is 14.4. The third-order valence-electron chi connectivity index (χ3n) is 1.63. The first-order valence-electron chi connectivity index (χ1n) is 4.26. The monoisotopic (exact) mass is 228 g/mol. The summed E-state index contributed by atoms with van der Waals surface area (Å²) in [6.07, 6.45) is 3.58. The highest BCUT2D eigenvalue weighted by molar-refractivity contribution is 7.90. The van der Waals surface area contributed by atoms with Crippen molar-refractivity contribution in [3.8, 4) is 0 Å². The standard InChI is InChI=1S/C8H17ClO3S/c1-12-7-8(9)5-3-4-6-13(2,10)11/h8H,3-7H2,1-2H3. The molecule has 0 N–H and O–H groups in total. The second-order valence-corrected chi connectivity index (χ2v) is 6.06. The van der Waals surface area contributed by atoms with Crippen molar-refractivity contribution < 1.29 is 13.2 Å². The summed E-state index contributed by atoms with van der Waals surface area (Å²) in [6, 6.07) is 0. The van der Waals surface area contributed by atoms with Crippen molar-refractivity contribution in [2.24, 2.45) is 0 Å². The van der Waals surface area contributed by atoms with Gasteiger partial charge in [-0.05, 0) is 12.8 Å². The lowest BCUT2D eigenvalue weighted by Crippen LogP contribution is -2.08. The molecule has 0 amide bonds. The first kappa shape index (κ1) is 13.2. The number of sulfone groups is 1. The number of halogens is 1. The van der Waals surface area contributed by atoms with Crippen molar-refractivity contribution in [3.05, 3.63) is 0 Å². The summed E-state index contributed by atoms with van der Waals surface area (Å²) in [5.41, 5.74) is 0.